The van der Waals surface area contributed by atoms with Crippen LogP contribution < -0.4 is 5.43 Å². The summed E-state index contributed by atoms with van der Waals surface area (Å²) >= 11 is 0. The zero-order valence-corrected chi connectivity index (χ0v) is 12.2. The number of aryl methyl sites for hydroxylation is 1. The second-order valence-electron chi connectivity index (χ2n) is 6.29. The smallest absolute Gasteiger partial charge is 0.267 e. The molecular weight excluding hydrogens is 248 g/mol. The van der Waals surface area contributed by atoms with Gasteiger partial charge in [-0.05, 0) is 56.6 Å². The van der Waals surface area contributed by atoms with Crippen molar-refractivity contribution in [3.05, 3.63) is 35.4 Å². The molecule has 0 saturated heterocycles. The molecule has 3 atom stereocenters. The lowest BCUT2D eigenvalue weighted by Gasteiger charge is -2.21. The lowest BCUT2D eigenvalue weighted by molar-refractivity contribution is 0.0954. The van der Waals surface area contributed by atoms with Gasteiger partial charge in [0.1, 0.15) is 0 Å². The quantitative estimate of drug-likeness (QED) is 0.662. The number of rotatable bonds is 3. The Morgan fingerprint density at radius 2 is 2.05 bits per heavy atom. The largest absolute Gasteiger partial charge is 0.271 e. The summed E-state index contributed by atoms with van der Waals surface area (Å²) < 4.78 is 0. The molecule has 2 aliphatic rings. The van der Waals surface area contributed by atoms with E-state index in [1.165, 1.54) is 25.7 Å². The average molecular weight is 270 g/mol. The molecule has 3 nitrogen and oxygen atoms in total. The van der Waals surface area contributed by atoms with Gasteiger partial charge in [0, 0.05) is 17.2 Å². The summed E-state index contributed by atoms with van der Waals surface area (Å²) in [5.41, 5.74) is 5.51. The van der Waals surface area contributed by atoms with Crippen LogP contribution in [0.4, 0.5) is 0 Å². The monoisotopic (exact) mass is 270 g/mol. The predicted molar refractivity (Wildman–Crippen MR) is 80.7 cm³/mol. The van der Waals surface area contributed by atoms with Crippen LogP contribution in [-0.2, 0) is 0 Å². The van der Waals surface area contributed by atoms with Crippen LogP contribution in [0.15, 0.2) is 29.4 Å². The van der Waals surface area contributed by atoms with Gasteiger partial charge in [-0.15, -0.1) is 0 Å². The summed E-state index contributed by atoms with van der Waals surface area (Å²) in [5, 5.41) is 4.36. The van der Waals surface area contributed by atoms with Gasteiger partial charge in [0.05, 0.1) is 0 Å². The Labute approximate surface area is 120 Å². The van der Waals surface area contributed by atoms with Gasteiger partial charge in [0.2, 0.25) is 0 Å². The van der Waals surface area contributed by atoms with Crippen LogP contribution in [0, 0.1) is 24.7 Å². The average Bonchev–Trinajstić information content (AvgIpc) is 3.07. The van der Waals surface area contributed by atoms with Gasteiger partial charge >= 0.3 is 0 Å². The van der Waals surface area contributed by atoms with E-state index < -0.39 is 0 Å². The van der Waals surface area contributed by atoms with Crippen molar-refractivity contribution in [1.82, 2.24) is 5.43 Å². The summed E-state index contributed by atoms with van der Waals surface area (Å²) in [5.74, 6) is 2.19. The van der Waals surface area contributed by atoms with Crippen LogP contribution in [0.2, 0.25) is 0 Å². The molecule has 0 spiro atoms. The normalized spacial score (nSPS) is 28.7. The number of carbonyl (C=O) groups is 1. The lowest BCUT2D eigenvalue weighted by Crippen LogP contribution is -2.25. The second-order valence-corrected chi connectivity index (χ2v) is 6.29. The van der Waals surface area contributed by atoms with Crippen molar-refractivity contribution in [1.29, 1.82) is 0 Å². The Morgan fingerprint density at radius 3 is 2.70 bits per heavy atom. The molecule has 1 amide bonds. The van der Waals surface area contributed by atoms with Crippen molar-refractivity contribution in [3.8, 4) is 0 Å². The first kappa shape index (κ1) is 13.3. The Balaban J connectivity index is 1.65. The fourth-order valence-corrected chi connectivity index (χ4v) is 3.87. The minimum atomic E-state index is -0.106. The van der Waals surface area contributed by atoms with E-state index in [2.05, 4.69) is 17.5 Å². The molecule has 1 N–H and O–H groups in total. The van der Waals surface area contributed by atoms with Crippen molar-refractivity contribution in [2.75, 3.05) is 0 Å². The van der Waals surface area contributed by atoms with Gasteiger partial charge < -0.3 is 0 Å². The maximum Gasteiger partial charge on any atom is 0.271 e. The summed E-state index contributed by atoms with van der Waals surface area (Å²) in [4.78, 5) is 12.1. The molecule has 2 aliphatic carbocycles. The fraction of sp³-hybridized carbons (Fsp3) is 0.529. The summed E-state index contributed by atoms with van der Waals surface area (Å²) in [6.07, 6.45) is 5.36. The van der Waals surface area contributed by atoms with Crippen LogP contribution in [0.25, 0.3) is 0 Å². The number of benzene rings is 1. The number of nitrogens with one attached hydrogen (secondary N) is 1. The molecule has 2 fully saturated rings. The highest BCUT2D eigenvalue weighted by Gasteiger charge is 2.40. The topological polar surface area (TPSA) is 41.5 Å². The molecule has 0 heterocycles. The second kappa shape index (κ2) is 5.39. The lowest BCUT2D eigenvalue weighted by atomic mass is 9.86. The van der Waals surface area contributed by atoms with Gasteiger partial charge in [-0.1, -0.05) is 24.6 Å². The van der Waals surface area contributed by atoms with E-state index in [0.717, 1.165) is 23.1 Å². The number of hydrazone groups is 1. The number of amides is 1. The van der Waals surface area contributed by atoms with Crippen molar-refractivity contribution in [2.45, 2.75) is 39.5 Å². The number of hydrogen-bond donors (Lipinski definition) is 1. The third-order valence-electron chi connectivity index (χ3n) is 5.00. The number of carbonyl (C=O) groups excluding carboxylic acids is 1. The van der Waals surface area contributed by atoms with E-state index >= 15 is 0 Å². The maximum absolute atomic E-state index is 12.1. The van der Waals surface area contributed by atoms with Gasteiger partial charge in [0.15, 0.2) is 0 Å². The van der Waals surface area contributed by atoms with Crippen molar-refractivity contribution < 1.29 is 4.79 Å². The van der Waals surface area contributed by atoms with Gasteiger partial charge in [-0.25, -0.2) is 5.43 Å². The summed E-state index contributed by atoms with van der Waals surface area (Å²) in [6.45, 7) is 4.00. The SMILES string of the molecule is C/C(=N\NC(=O)c1ccccc1C)C1CC2CCC1C2. The van der Waals surface area contributed by atoms with Gasteiger partial charge in [0.25, 0.3) is 5.91 Å². The Kier molecular flexibility index (Phi) is 3.60. The number of fused-ring (bicyclic) bond motifs is 2. The van der Waals surface area contributed by atoms with E-state index in [-0.39, 0.29) is 5.91 Å². The molecule has 0 aliphatic heterocycles. The predicted octanol–water partition coefficient (Wildman–Crippen LogP) is 3.54. The van der Waals surface area contributed by atoms with Crippen molar-refractivity contribution in [2.24, 2.45) is 22.9 Å². The fourth-order valence-electron chi connectivity index (χ4n) is 3.87. The molecule has 20 heavy (non-hydrogen) atoms. The van der Waals surface area contributed by atoms with Crippen molar-refractivity contribution in [3.63, 3.8) is 0 Å². The van der Waals surface area contributed by atoms with E-state index in [4.69, 9.17) is 0 Å². The van der Waals surface area contributed by atoms with E-state index in [0.29, 0.717) is 11.5 Å². The molecular formula is C17H22N2O. The molecule has 3 heteroatoms. The minimum Gasteiger partial charge on any atom is -0.267 e. The Hall–Kier alpha value is -1.64. The Bertz CT molecular complexity index is 550. The molecule has 3 unspecified atom stereocenters. The molecule has 1 aromatic carbocycles. The third kappa shape index (κ3) is 2.49. The third-order valence-corrected chi connectivity index (χ3v) is 5.00. The molecule has 2 saturated carbocycles. The highest BCUT2D eigenvalue weighted by Crippen LogP contribution is 2.48. The zero-order valence-electron chi connectivity index (χ0n) is 12.2. The first-order valence-electron chi connectivity index (χ1n) is 7.55. The molecule has 0 radical (unpaired) electrons. The van der Waals surface area contributed by atoms with Crippen LogP contribution in [-0.4, -0.2) is 11.6 Å². The number of hydrogen-bond acceptors (Lipinski definition) is 2. The highest BCUT2D eigenvalue weighted by atomic mass is 16.2. The van der Waals surface area contributed by atoms with Crippen LogP contribution in [0.3, 0.4) is 0 Å². The minimum absolute atomic E-state index is 0.106. The van der Waals surface area contributed by atoms with E-state index in [1.54, 1.807) is 0 Å². The summed E-state index contributed by atoms with van der Waals surface area (Å²) in [7, 11) is 0. The molecule has 2 bridgehead atoms. The standard InChI is InChI=1S/C17H22N2O/c1-11-5-3-4-6-15(11)17(20)19-18-12(2)16-10-13-7-8-14(16)9-13/h3-6,13-14,16H,7-10H2,1-2H3,(H,19,20)/b18-12+. The van der Waals surface area contributed by atoms with E-state index in [9.17, 15) is 4.79 Å². The van der Waals surface area contributed by atoms with Crippen LogP contribution in [0.5, 0.6) is 0 Å². The van der Waals surface area contributed by atoms with Gasteiger partial charge in [-0.3, -0.25) is 4.79 Å². The number of nitrogens with zero attached hydrogens (tertiary/aromatic N) is 1. The zero-order chi connectivity index (χ0) is 14.1. The first-order chi connectivity index (χ1) is 9.65. The van der Waals surface area contributed by atoms with E-state index in [1.807, 2.05) is 31.2 Å². The Morgan fingerprint density at radius 1 is 1.25 bits per heavy atom. The van der Waals surface area contributed by atoms with Crippen LogP contribution >= 0.6 is 0 Å². The maximum atomic E-state index is 12.1. The molecule has 1 aromatic rings. The first-order valence-corrected chi connectivity index (χ1v) is 7.55. The van der Waals surface area contributed by atoms with Crippen molar-refractivity contribution >= 4 is 11.6 Å². The summed E-state index contributed by atoms with van der Waals surface area (Å²) in [6, 6.07) is 7.61. The molecule has 3 rings (SSSR count). The van der Waals surface area contributed by atoms with Gasteiger partial charge in [-0.2, -0.15) is 5.10 Å². The van der Waals surface area contributed by atoms with Crippen LogP contribution in [0.1, 0.15) is 48.5 Å². The molecule has 106 valence electrons. The highest BCUT2D eigenvalue weighted by molar-refractivity contribution is 5.96. The molecule has 0 aromatic heterocycles.